The standard InChI is InChI=1S/C17H13NO/c1-18-10-4-6-13-15-11-19-17-7-3-2-5-14(17)12(15)8-9-16(13)18/h2-11H,1H3. The molecule has 0 spiro atoms. The fourth-order valence-electron chi connectivity index (χ4n) is 2.73. The number of nitrogens with zero attached hydrogens (tertiary/aromatic N) is 1. The maximum Gasteiger partial charge on any atom is 0.134 e. The van der Waals surface area contributed by atoms with Crippen LogP contribution >= 0.6 is 0 Å². The summed E-state index contributed by atoms with van der Waals surface area (Å²) in [5.41, 5.74) is 3.61. The zero-order chi connectivity index (χ0) is 12.8. The van der Waals surface area contributed by atoms with E-state index in [9.17, 15) is 0 Å². The molecule has 0 radical (unpaired) electrons. The summed E-state index contributed by atoms with van der Waals surface area (Å²) in [7, 11) is 2.06. The molecule has 0 bridgehead atoms. The Morgan fingerprint density at radius 3 is 2.79 bits per heavy atom. The lowest BCUT2D eigenvalue weighted by molar-refractivity contribution is 0.537. The molecule has 92 valence electrons. The van der Waals surface area contributed by atoms with Gasteiger partial charge in [-0.25, -0.2) is 0 Å². The van der Waals surface area contributed by atoms with E-state index in [1.807, 2.05) is 24.5 Å². The summed E-state index contributed by atoms with van der Waals surface area (Å²) >= 11 is 0. The van der Waals surface area contributed by atoms with Crippen molar-refractivity contribution in [2.75, 3.05) is 11.9 Å². The van der Waals surface area contributed by atoms with Crippen molar-refractivity contribution in [3.63, 3.8) is 0 Å². The average molecular weight is 247 g/mol. The molecule has 2 heteroatoms. The highest BCUT2D eigenvalue weighted by atomic mass is 16.5. The predicted octanol–water partition coefficient (Wildman–Crippen LogP) is 2.23. The van der Waals surface area contributed by atoms with Crippen LogP contribution in [-0.4, -0.2) is 7.05 Å². The first-order valence-corrected chi connectivity index (χ1v) is 6.35. The zero-order valence-corrected chi connectivity index (χ0v) is 10.6. The van der Waals surface area contributed by atoms with Gasteiger partial charge >= 0.3 is 0 Å². The maximum atomic E-state index is 5.76. The molecule has 2 nitrogen and oxygen atoms in total. The fourth-order valence-corrected chi connectivity index (χ4v) is 2.73. The van der Waals surface area contributed by atoms with Crippen molar-refractivity contribution in [2.24, 2.45) is 0 Å². The van der Waals surface area contributed by atoms with Crippen molar-refractivity contribution in [3.05, 3.63) is 59.1 Å². The third-order valence-electron chi connectivity index (χ3n) is 3.70. The van der Waals surface area contributed by atoms with Crippen molar-refractivity contribution in [1.29, 1.82) is 0 Å². The Hall–Kier alpha value is -2.48. The number of rotatable bonds is 0. The molecule has 0 amide bonds. The molecule has 0 saturated heterocycles. The molecule has 0 aromatic heterocycles. The van der Waals surface area contributed by atoms with Crippen molar-refractivity contribution in [1.82, 2.24) is 0 Å². The first-order chi connectivity index (χ1) is 9.34. The lowest BCUT2D eigenvalue weighted by atomic mass is 9.98. The number of para-hydroxylation sites is 1. The van der Waals surface area contributed by atoms with Crippen LogP contribution in [0.3, 0.4) is 0 Å². The third kappa shape index (κ3) is 1.43. The molecular weight excluding hydrogens is 234 g/mol. The number of allylic oxidation sites excluding steroid dienone is 1. The lowest BCUT2D eigenvalue weighted by Gasteiger charge is -2.21. The number of hydrogen-bond acceptors (Lipinski definition) is 2. The van der Waals surface area contributed by atoms with E-state index in [1.165, 1.54) is 16.5 Å². The summed E-state index contributed by atoms with van der Waals surface area (Å²) < 4.78 is 5.76. The van der Waals surface area contributed by atoms with E-state index in [4.69, 9.17) is 4.74 Å². The zero-order valence-electron chi connectivity index (χ0n) is 10.6. The molecule has 0 atom stereocenters. The average Bonchev–Trinajstić information content (AvgIpc) is 2.47. The summed E-state index contributed by atoms with van der Waals surface area (Å²) in [6.07, 6.45) is 8.13. The molecule has 0 saturated carbocycles. The quantitative estimate of drug-likeness (QED) is 0.708. The molecule has 4 rings (SSSR count). The van der Waals surface area contributed by atoms with Crippen molar-refractivity contribution < 1.29 is 4.74 Å². The highest BCUT2D eigenvalue weighted by molar-refractivity contribution is 5.77. The van der Waals surface area contributed by atoms with E-state index in [-0.39, 0.29) is 0 Å². The lowest BCUT2D eigenvalue weighted by Crippen LogP contribution is -2.35. The van der Waals surface area contributed by atoms with E-state index in [1.54, 1.807) is 0 Å². The van der Waals surface area contributed by atoms with Gasteiger partial charge < -0.3 is 9.64 Å². The van der Waals surface area contributed by atoms with Crippen molar-refractivity contribution in [2.45, 2.75) is 0 Å². The van der Waals surface area contributed by atoms with Gasteiger partial charge in [0.05, 0.1) is 6.26 Å². The summed E-state index contributed by atoms with van der Waals surface area (Å²) in [6, 6.07) is 12.5. The SMILES string of the molecule is CN1C=CC=c2c1ccc1c2=COc2ccccc2-1. The molecule has 0 N–H and O–H groups in total. The Labute approximate surface area is 111 Å². The molecule has 0 unspecified atom stereocenters. The van der Waals surface area contributed by atoms with Crippen LogP contribution in [0.15, 0.2) is 48.7 Å². The Morgan fingerprint density at radius 2 is 1.84 bits per heavy atom. The van der Waals surface area contributed by atoms with Crippen LogP contribution in [-0.2, 0) is 0 Å². The normalized spacial score (nSPS) is 14.5. The maximum absolute atomic E-state index is 5.76. The number of fused-ring (bicyclic) bond motifs is 5. The van der Waals surface area contributed by atoms with Crippen LogP contribution in [0.25, 0.3) is 23.5 Å². The Morgan fingerprint density at radius 1 is 0.947 bits per heavy atom. The van der Waals surface area contributed by atoms with E-state index in [0.29, 0.717) is 0 Å². The molecule has 0 aliphatic carbocycles. The largest absolute Gasteiger partial charge is 0.464 e. The number of anilines is 1. The van der Waals surface area contributed by atoms with Crippen LogP contribution in [0, 0.1) is 0 Å². The smallest absolute Gasteiger partial charge is 0.134 e. The van der Waals surface area contributed by atoms with Gasteiger partial charge in [0, 0.05) is 34.9 Å². The van der Waals surface area contributed by atoms with Crippen LogP contribution in [0.2, 0.25) is 0 Å². The summed E-state index contributed by atoms with van der Waals surface area (Å²) in [4.78, 5) is 2.13. The van der Waals surface area contributed by atoms with Crippen LogP contribution in [0.5, 0.6) is 5.75 Å². The number of benzene rings is 2. The molecule has 2 heterocycles. The monoisotopic (exact) mass is 247 g/mol. The first kappa shape index (κ1) is 10.4. The van der Waals surface area contributed by atoms with Crippen LogP contribution < -0.4 is 20.1 Å². The second-order valence-electron chi connectivity index (χ2n) is 4.81. The highest BCUT2D eigenvalue weighted by Crippen LogP contribution is 2.30. The van der Waals surface area contributed by atoms with Crippen molar-refractivity contribution >= 4 is 18.0 Å². The molecule has 2 aliphatic rings. The van der Waals surface area contributed by atoms with E-state index in [2.05, 4.69) is 48.5 Å². The van der Waals surface area contributed by atoms with Gasteiger partial charge in [0.15, 0.2) is 0 Å². The van der Waals surface area contributed by atoms with Gasteiger partial charge in [-0.1, -0.05) is 30.3 Å². The number of hydrogen-bond donors (Lipinski definition) is 0. The number of ether oxygens (including phenoxy) is 1. The van der Waals surface area contributed by atoms with E-state index >= 15 is 0 Å². The molecule has 2 aromatic rings. The minimum Gasteiger partial charge on any atom is -0.464 e. The predicted molar refractivity (Wildman–Crippen MR) is 78.2 cm³/mol. The Kier molecular flexibility index (Phi) is 2.06. The Bertz CT molecular complexity index is 818. The van der Waals surface area contributed by atoms with E-state index in [0.717, 1.165) is 16.5 Å². The fraction of sp³-hybridized carbons (Fsp3) is 0.0588. The highest BCUT2D eigenvalue weighted by Gasteiger charge is 2.15. The molecule has 2 aliphatic heterocycles. The molecular formula is C17H13NO. The van der Waals surface area contributed by atoms with Crippen LogP contribution in [0.4, 0.5) is 5.69 Å². The van der Waals surface area contributed by atoms with E-state index < -0.39 is 0 Å². The van der Waals surface area contributed by atoms with Gasteiger partial charge in [-0.05, 0) is 23.8 Å². The van der Waals surface area contributed by atoms with Gasteiger partial charge in [-0.2, -0.15) is 0 Å². The van der Waals surface area contributed by atoms with Crippen molar-refractivity contribution in [3.8, 4) is 16.9 Å². The van der Waals surface area contributed by atoms with Gasteiger partial charge in [0.1, 0.15) is 5.75 Å². The minimum absolute atomic E-state index is 0.926. The second-order valence-corrected chi connectivity index (χ2v) is 4.81. The van der Waals surface area contributed by atoms with Gasteiger partial charge in [0.25, 0.3) is 0 Å². The molecule has 0 fully saturated rings. The van der Waals surface area contributed by atoms with Gasteiger partial charge in [-0.15, -0.1) is 0 Å². The topological polar surface area (TPSA) is 12.5 Å². The minimum atomic E-state index is 0.926. The van der Waals surface area contributed by atoms with Gasteiger partial charge in [0.2, 0.25) is 0 Å². The molecule has 19 heavy (non-hydrogen) atoms. The van der Waals surface area contributed by atoms with Gasteiger partial charge in [-0.3, -0.25) is 0 Å². The first-order valence-electron chi connectivity index (χ1n) is 6.35. The van der Waals surface area contributed by atoms with Crippen LogP contribution in [0.1, 0.15) is 0 Å². The Balaban J connectivity index is 2.10. The second kappa shape index (κ2) is 3.75. The summed E-state index contributed by atoms with van der Waals surface area (Å²) in [5, 5.41) is 2.38. The summed E-state index contributed by atoms with van der Waals surface area (Å²) in [6.45, 7) is 0. The third-order valence-corrected chi connectivity index (χ3v) is 3.70. The summed E-state index contributed by atoms with van der Waals surface area (Å²) in [5.74, 6) is 0.926. The molecule has 2 aromatic carbocycles.